The molecule has 0 fully saturated rings. The van der Waals surface area contributed by atoms with Crippen LogP contribution in [0.2, 0.25) is 0 Å². The fraction of sp³-hybridized carbons (Fsp3) is 0.333. The number of phenolic OH excluding ortho intramolecular Hbond substituents is 1. The van der Waals surface area contributed by atoms with Crippen LogP contribution in [0, 0.1) is 0 Å². The first-order chi connectivity index (χ1) is 9.22. The Morgan fingerprint density at radius 3 is 2.00 bits per heavy atom. The first-order valence-electron chi connectivity index (χ1n) is 7.14. The van der Waals surface area contributed by atoms with E-state index in [4.69, 9.17) is 0 Å². The van der Waals surface area contributed by atoms with Gasteiger partial charge < -0.3 is 5.11 Å². The van der Waals surface area contributed by atoms with Crippen LogP contribution in [-0.2, 0) is 19.3 Å². The Kier molecular flexibility index (Phi) is 4.26. The van der Waals surface area contributed by atoms with Crippen molar-refractivity contribution in [3.8, 4) is 16.9 Å². The third kappa shape index (κ3) is 2.51. The van der Waals surface area contributed by atoms with Crippen LogP contribution in [0.1, 0.15) is 37.5 Å². The normalized spacial score (nSPS) is 10.7. The molecule has 0 saturated heterocycles. The van der Waals surface area contributed by atoms with Crippen LogP contribution in [0.5, 0.6) is 5.75 Å². The van der Waals surface area contributed by atoms with Crippen molar-refractivity contribution < 1.29 is 5.11 Å². The molecule has 0 aliphatic rings. The summed E-state index contributed by atoms with van der Waals surface area (Å²) in [6, 6.07) is 12.1. The molecule has 0 amide bonds. The maximum absolute atomic E-state index is 10.2. The van der Waals surface area contributed by atoms with Crippen molar-refractivity contribution in [1.82, 2.24) is 0 Å². The maximum atomic E-state index is 10.2. The summed E-state index contributed by atoms with van der Waals surface area (Å²) in [7, 11) is 0. The first kappa shape index (κ1) is 13.7. The highest BCUT2D eigenvalue weighted by Crippen LogP contribution is 2.36. The van der Waals surface area contributed by atoms with Gasteiger partial charge in [0.15, 0.2) is 0 Å². The smallest absolute Gasteiger partial charge is 0.123 e. The standard InChI is InChI=1S/C18H22O/c1-4-13-11-12-14(5-2)18(15(13)6-3)16-9-7-8-10-17(16)19/h7-12,19H,4-6H2,1-3H3. The SMILES string of the molecule is CCc1ccc(CC)c(-c2ccccc2O)c1CC. The van der Waals surface area contributed by atoms with Gasteiger partial charge in [0.25, 0.3) is 0 Å². The molecule has 0 saturated carbocycles. The lowest BCUT2D eigenvalue weighted by Gasteiger charge is -2.18. The van der Waals surface area contributed by atoms with Crippen molar-refractivity contribution >= 4 is 0 Å². The van der Waals surface area contributed by atoms with Gasteiger partial charge in [0.2, 0.25) is 0 Å². The number of phenols is 1. The number of aryl methyl sites for hydroxylation is 2. The summed E-state index contributed by atoms with van der Waals surface area (Å²) in [6.45, 7) is 6.55. The molecule has 19 heavy (non-hydrogen) atoms. The molecule has 0 heterocycles. The van der Waals surface area contributed by atoms with Crippen molar-refractivity contribution in [2.24, 2.45) is 0 Å². The molecule has 0 aliphatic carbocycles. The molecule has 1 nitrogen and oxygen atoms in total. The van der Waals surface area contributed by atoms with Crippen LogP contribution >= 0.6 is 0 Å². The largest absolute Gasteiger partial charge is 0.507 e. The number of aromatic hydroxyl groups is 1. The molecule has 1 heteroatoms. The molecule has 0 atom stereocenters. The van der Waals surface area contributed by atoms with Crippen LogP contribution in [0.4, 0.5) is 0 Å². The summed E-state index contributed by atoms with van der Waals surface area (Å²) in [6.07, 6.45) is 3.02. The Bertz CT molecular complexity index is 570. The molecule has 2 aromatic rings. The van der Waals surface area contributed by atoms with E-state index in [-0.39, 0.29) is 0 Å². The summed E-state index contributed by atoms with van der Waals surface area (Å²) in [5, 5.41) is 10.2. The molecule has 0 aromatic heterocycles. The number of hydrogen-bond acceptors (Lipinski definition) is 1. The molecule has 100 valence electrons. The Morgan fingerprint density at radius 1 is 0.789 bits per heavy atom. The van der Waals surface area contributed by atoms with Crippen molar-refractivity contribution in [3.63, 3.8) is 0 Å². The third-order valence-electron chi connectivity index (χ3n) is 3.78. The van der Waals surface area contributed by atoms with Gasteiger partial charge in [0, 0.05) is 5.56 Å². The lowest BCUT2D eigenvalue weighted by atomic mass is 9.87. The van der Waals surface area contributed by atoms with Crippen molar-refractivity contribution in [1.29, 1.82) is 0 Å². The Balaban J connectivity index is 2.76. The molecule has 2 aromatic carbocycles. The average molecular weight is 254 g/mol. The maximum Gasteiger partial charge on any atom is 0.123 e. The topological polar surface area (TPSA) is 20.2 Å². The molecular weight excluding hydrogens is 232 g/mol. The fourth-order valence-electron chi connectivity index (χ4n) is 2.79. The highest BCUT2D eigenvalue weighted by Gasteiger charge is 2.14. The van der Waals surface area contributed by atoms with E-state index in [1.165, 1.54) is 22.3 Å². The van der Waals surface area contributed by atoms with E-state index in [1.807, 2.05) is 18.2 Å². The highest BCUT2D eigenvalue weighted by molar-refractivity contribution is 5.77. The zero-order valence-electron chi connectivity index (χ0n) is 12.0. The van der Waals surface area contributed by atoms with E-state index in [1.54, 1.807) is 6.07 Å². The molecule has 0 radical (unpaired) electrons. The molecule has 0 aliphatic heterocycles. The third-order valence-corrected chi connectivity index (χ3v) is 3.78. The van der Waals surface area contributed by atoms with E-state index >= 15 is 0 Å². The second kappa shape index (κ2) is 5.92. The van der Waals surface area contributed by atoms with E-state index < -0.39 is 0 Å². The van der Waals surface area contributed by atoms with Gasteiger partial charge in [0.1, 0.15) is 5.75 Å². The van der Waals surface area contributed by atoms with Crippen LogP contribution < -0.4 is 0 Å². The van der Waals surface area contributed by atoms with Gasteiger partial charge >= 0.3 is 0 Å². The molecule has 1 N–H and O–H groups in total. The minimum absolute atomic E-state index is 0.375. The van der Waals surface area contributed by atoms with Gasteiger partial charge in [-0.05, 0) is 47.6 Å². The zero-order valence-corrected chi connectivity index (χ0v) is 12.0. The summed E-state index contributed by atoms with van der Waals surface area (Å²) >= 11 is 0. The molecule has 0 bridgehead atoms. The predicted molar refractivity (Wildman–Crippen MR) is 81.7 cm³/mol. The lowest BCUT2D eigenvalue weighted by Crippen LogP contribution is -1.99. The van der Waals surface area contributed by atoms with Crippen molar-refractivity contribution in [2.45, 2.75) is 40.0 Å². The quantitative estimate of drug-likeness (QED) is 0.835. The molecule has 0 spiro atoms. The van der Waals surface area contributed by atoms with Gasteiger partial charge in [-0.1, -0.05) is 51.1 Å². The fourth-order valence-corrected chi connectivity index (χ4v) is 2.79. The summed E-state index contributed by atoms with van der Waals surface area (Å²) in [5.74, 6) is 0.375. The van der Waals surface area contributed by atoms with Crippen molar-refractivity contribution in [3.05, 3.63) is 53.1 Å². The van der Waals surface area contributed by atoms with Crippen LogP contribution in [0.3, 0.4) is 0 Å². The second-order valence-corrected chi connectivity index (χ2v) is 4.82. The van der Waals surface area contributed by atoms with Gasteiger partial charge in [-0.3, -0.25) is 0 Å². The van der Waals surface area contributed by atoms with E-state index in [9.17, 15) is 5.11 Å². The van der Waals surface area contributed by atoms with Crippen LogP contribution in [0.25, 0.3) is 11.1 Å². The van der Waals surface area contributed by atoms with E-state index in [0.717, 1.165) is 24.8 Å². The number of rotatable bonds is 4. The van der Waals surface area contributed by atoms with Crippen LogP contribution in [0.15, 0.2) is 36.4 Å². The van der Waals surface area contributed by atoms with Gasteiger partial charge in [-0.25, -0.2) is 0 Å². The summed E-state index contributed by atoms with van der Waals surface area (Å²) < 4.78 is 0. The highest BCUT2D eigenvalue weighted by atomic mass is 16.3. The van der Waals surface area contributed by atoms with Crippen LogP contribution in [-0.4, -0.2) is 5.11 Å². The lowest BCUT2D eigenvalue weighted by molar-refractivity contribution is 0.477. The zero-order chi connectivity index (χ0) is 13.8. The minimum Gasteiger partial charge on any atom is -0.507 e. The minimum atomic E-state index is 0.375. The Labute approximate surface area is 115 Å². The van der Waals surface area contributed by atoms with E-state index in [0.29, 0.717) is 5.75 Å². The summed E-state index contributed by atoms with van der Waals surface area (Å²) in [4.78, 5) is 0. The van der Waals surface area contributed by atoms with Gasteiger partial charge in [-0.15, -0.1) is 0 Å². The summed E-state index contributed by atoms with van der Waals surface area (Å²) in [5.41, 5.74) is 6.28. The average Bonchev–Trinajstić information content (AvgIpc) is 2.46. The second-order valence-electron chi connectivity index (χ2n) is 4.82. The monoisotopic (exact) mass is 254 g/mol. The van der Waals surface area contributed by atoms with Crippen molar-refractivity contribution in [2.75, 3.05) is 0 Å². The number of para-hydroxylation sites is 1. The molecule has 0 unspecified atom stereocenters. The first-order valence-corrected chi connectivity index (χ1v) is 7.14. The van der Waals surface area contributed by atoms with Gasteiger partial charge in [0.05, 0.1) is 0 Å². The Morgan fingerprint density at radius 2 is 1.42 bits per heavy atom. The predicted octanol–water partition coefficient (Wildman–Crippen LogP) is 4.75. The molecule has 2 rings (SSSR count). The van der Waals surface area contributed by atoms with Gasteiger partial charge in [-0.2, -0.15) is 0 Å². The molecular formula is C18H22O. The Hall–Kier alpha value is -1.76. The number of benzene rings is 2. The number of hydrogen-bond donors (Lipinski definition) is 1. The van der Waals surface area contributed by atoms with E-state index in [2.05, 4.69) is 32.9 Å².